The van der Waals surface area contributed by atoms with Crippen LogP contribution in [0.2, 0.25) is 0 Å². The van der Waals surface area contributed by atoms with E-state index in [1.165, 1.54) is 0 Å². The molecular formula is C66H126N18Y-2. The maximum absolute atomic E-state index is 5.22. The van der Waals surface area contributed by atoms with Crippen molar-refractivity contribution in [2.75, 3.05) is 59.7 Å². The average Bonchev–Trinajstić information content (AvgIpc) is 2.52. The Hall–Kier alpha value is -2.32. The molecule has 0 atom stereocenters. The van der Waals surface area contributed by atoms with Crippen LogP contribution in [0, 0.1) is 7.43 Å². The second-order valence-electron chi connectivity index (χ2n) is 35.4. The number of hydrogen-bond acceptors (Lipinski definition) is 17. The van der Waals surface area contributed by atoms with Crippen molar-refractivity contribution in [3.05, 3.63) is 12.7 Å². The van der Waals surface area contributed by atoms with E-state index in [4.69, 9.17) is 35.2 Å². The minimum Gasteiger partial charge on any atom is -0.390 e. The number of hydrogen-bond donors (Lipinski definition) is 6. The van der Waals surface area contributed by atoms with Gasteiger partial charge in [0.2, 0.25) is 17.8 Å². The Labute approximate surface area is 545 Å². The van der Waals surface area contributed by atoms with Crippen molar-refractivity contribution in [3.63, 3.8) is 0 Å². The van der Waals surface area contributed by atoms with Gasteiger partial charge < -0.3 is 79.1 Å². The zero-order valence-electron chi connectivity index (χ0n) is 59.9. The molecule has 19 heteroatoms. The summed E-state index contributed by atoms with van der Waals surface area (Å²) in [6, 6.07) is 1.73. The molecule has 0 bridgehead atoms. The first-order valence-corrected chi connectivity index (χ1v) is 32.0. The topological polar surface area (TPSA) is 180 Å². The molecule has 8 heterocycles. The Balaban J connectivity index is 0.000000304. The molecule has 85 heavy (non-hydrogen) atoms. The summed E-state index contributed by atoms with van der Waals surface area (Å²) in [6.45, 7) is 55.1. The van der Waals surface area contributed by atoms with Gasteiger partial charge in [-0.3, -0.25) is 0 Å². The van der Waals surface area contributed by atoms with Crippen LogP contribution in [-0.2, 0) is 32.7 Å². The summed E-state index contributed by atoms with van der Waals surface area (Å²) < 4.78 is 0. The van der Waals surface area contributed by atoms with Gasteiger partial charge in [0.25, 0.3) is 0 Å². The number of nitrogens with one attached hydrogen (secondary N) is 6. The first kappa shape index (κ1) is 73.4. The molecule has 0 amide bonds. The number of anilines is 5. The Bertz CT molecular complexity index is 2260. The quantitative estimate of drug-likeness (QED) is 0.110. The third-order valence-electron chi connectivity index (χ3n) is 18.8. The monoisotopic (exact) mass is 1260 g/mol. The first-order valence-electron chi connectivity index (χ1n) is 32.0. The van der Waals surface area contributed by atoms with E-state index < -0.39 is 0 Å². The predicted octanol–water partition coefficient (Wildman–Crippen LogP) is 11.2. The summed E-state index contributed by atoms with van der Waals surface area (Å²) in [6.07, 6.45) is 12.2. The molecule has 8 rings (SSSR count). The van der Waals surface area contributed by atoms with Gasteiger partial charge in [-0.25, -0.2) is 4.98 Å². The number of aromatic nitrogens is 6. The second-order valence-corrected chi connectivity index (χ2v) is 35.4. The van der Waals surface area contributed by atoms with Crippen molar-refractivity contribution >= 4 is 35.7 Å². The molecule has 2 aromatic heterocycles. The molecule has 0 saturated carbocycles. The van der Waals surface area contributed by atoms with Crippen LogP contribution in [0.15, 0.2) is 0 Å². The Morgan fingerprint density at radius 1 is 0.271 bits per heavy atom. The van der Waals surface area contributed by atoms with E-state index in [9.17, 15) is 0 Å². The summed E-state index contributed by atoms with van der Waals surface area (Å²) in [7, 11) is 10.8. The van der Waals surface area contributed by atoms with Gasteiger partial charge in [0.15, 0.2) is 11.9 Å². The molecule has 1 radical (unpaired) electrons. The number of piperidine rings is 6. The molecule has 0 aliphatic carbocycles. The van der Waals surface area contributed by atoms with Gasteiger partial charge >= 0.3 is 0 Å². The first-order chi connectivity index (χ1) is 37.3. The van der Waals surface area contributed by atoms with Gasteiger partial charge in [-0.15, -0.1) is 0 Å². The zero-order chi connectivity index (χ0) is 62.5. The fourth-order valence-electron chi connectivity index (χ4n) is 17.6. The predicted molar refractivity (Wildman–Crippen MR) is 357 cm³/mol. The molecule has 6 fully saturated rings. The SMILES string of the molecule is CN(c1nc(N(C)C2CC(C)(C)NC(C)(C)C2)nc(N(C)C2CC(C)(C)NC(C)(C)C2)n1)C1CC(C)(C)NC(C)(C)C1.CN(c1nc([N-]C2CC(C)(C)NC(C)(C)C2)nc(N(C)C2CC(C)(C)NC(C)(C)C2)n1)C1CC(C)(C)NC(C)(C)C1.[CH3-].[Y]. The van der Waals surface area contributed by atoms with E-state index >= 15 is 0 Å². The van der Waals surface area contributed by atoms with Gasteiger partial charge in [0, 0.05) is 171 Å². The molecule has 6 saturated heterocycles. The summed E-state index contributed by atoms with van der Waals surface area (Å²) in [5, 5.41) is 28.1. The van der Waals surface area contributed by atoms with E-state index in [0.29, 0.717) is 36.2 Å². The second kappa shape index (κ2) is 25.1. The van der Waals surface area contributed by atoms with Crippen LogP contribution in [0.5, 0.6) is 0 Å². The zero-order valence-corrected chi connectivity index (χ0v) is 62.7. The normalized spacial score (nSPS) is 26.5. The molecule has 0 aromatic carbocycles. The van der Waals surface area contributed by atoms with Crippen molar-refractivity contribution in [1.29, 1.82) is 0 Å². The molecule has 6 N–H and O–H groups in total. The third kappa shape index (κ3) is 19.8. The maximum Gasteiger partial charge on any atom is 0.231 e. The van der Waals surface area contributed by atoms with Crippen molar-refractivity contribution < 1.29 is 32.7 Å². The van der Waals surface area contributed by atoms with E-state index in [0.717, 1.165) is 107 Å². The Morgan fingerprint density at radius 3 is 0.576 bits per heavy atom. The maximum atomic E-state index is 5.22. The van der Waals surface area contributed by atoms with Crippen LogP contribution >= 0.6 is 0 Å². The van der Waals surface area contributed by atoms with Gasteiger partial charge in [-0.05, 0) is 249 Å². The van der Waals surface area contributed by atoms with Crippen LogP contribution in [-0.4, -0.2) is 168 Å². The van der Waals surface area contributed by atoms with Gasteiger partial charge in [0.05, 0.1) is 0 Å². The molecule has 0 unspecified atom stereocenters. The summed E-state index contributed by atoms with van der Waals surface area (Å²) in [4.78, 5) is 42.4. The van der Waals surface area contributed by atoms with Crippen molar-refractivity contribution in [2.24, 2.45) is 0 Å². The van der Waals surface area contributed by atoms with Crippen molar-refractivity contribution in [1.82, 2.24) is 61.8 Å². The van der Waals surface area contributed by atoms with Crippen LogP contribution in [0.25, 0.3) is 5.32 Å². The minimum absolute atomic E-state index is 0. The standard InChI is InChI=1S/C33H63N9.C32H60N9.CH3.Y/c1-28(2)16-22(17-29(3,4)37-28)40(13)25-34-26(41(14)23-18-30(5,6)38-31(7,8)19-23)36-27(35-25)42(15)24-20-32(9,10)39-33(11,12)21-24;1-27(2)15-21(16-28(3,4)37-27)33-24-34-25(40(13)22-17-29(5,6)38-30(7,8)18-22)36-26(35-24)41(14)23-19-31(9,10)39-32(11,12)20-23;;/h22-24,37-39H,16-21H2,1-15H3;21-23,37-39H,15-20H2,1-14H3;1H3;/q;2*-1;. The molecule has 2 aromatic rings. The largest absolute Gasteiger partial charge is 0.390 e. The number of rotatable bonds is 12. The van der Waals surface area contributed by atoms with E-state index in [2.05, 4.69) is 258 Å². The average molecular weight is 1260 g/mol. The van der Waals surface area contributed by atoms with E-state index in [-0.39, 0.29) is 113 Å². The molecule has 485 valence electrons. The van der Waals surface area contributed by atoms with Crippen LogP contribution in [0.1, 0.15) is 243 Å². The van der Waals surface area contributed by atoms with Crippen molar-refractivity contribution in [2.45, 2.75) is 346 Å². The molecule has 6 aliphatic heterocycles. The molecule has 6 aliphatic rings. The van der Waals surface area contributed by atoms with Crippen molar-refractivity contribution in [3.8, 4) is 0 Å². The van der Waals surface area contributed by atoms with Crippen LogP contribution in [0.3, 0.4) is 0 Å². The van der Waals surface area contributed by atoms with E-state index in [1.807, 2.05) is 0 Å². The fraction of sp³-hybridized carbons (Fsp3) is 0.894. The van der Waals surface area contributed by atoms with Gasteiger partial charge in [-0.2, -0.15) is 15.0 Å². The van der Waals surface area contributed by atoms with Crippen LogP contribution in [0.4, 0.5) is 35.7 Å². The number of nitrogens with zero attached hydrogens (tertiary/aromatic N) is 12. The molecule has 0 spiro atoms. The van der Waals surface area contributed by atoms with E-state index in [1.54, 1.807) is 0 Å². The molecular weight excluding hydrogens is 1130 g/mol. The summed E-state index contributed by atoms with van der Waals surface area (Å²) >= 11 is 0. The van der Waals surface area contributed by atoms with Crippen LogP contribution < -0.4 is 56.4 Å². The Kier molecular flexibility index (Phi) is 21.6. The fourth-order valence-corrected chi connectivity index (χ4v) is 17.6. The Morgan fingerprint density at radius 2 is 0.412 bits per heavy atom. The minimum atomic E-state index is 0. The van der Waals surface area contributed by atoms with Gasteiger partial charge in [0.1, 0.15) is 0 Å². The smallest absolute Gasteiger partial charge is 0.231 e. The summed E-state index contributed by atoms with van der Waals surface area (Å²) in [5.41, 5.74) is 0.308. The molecule has 18 nitrogen and oxygen atoms in total. The summed E-state index contributed by atoms with van der Waals surface area (Å²) in [5.74, 6) is 4.31. The van der Waals surface area contributed by atoms with Gasteiger partial charge in [-0.1, -0.05) is 0 Å². The third-order valence-corrected chi connectivity index (χ3v) is 18.8.